The van der Waals surface area contributed by atoms with Gasteiger partial charge in [0.05, 0.1) is 6.42 Å². The van der Waals surface area contributed by atoms with Crippen LogP contribution in [0.15, 0.2) is 24.3 Å². The summed E-state index contributed by atoms with van der Waals surface area (Å²) in [4.78, 5) is 25.1. The predicted molar refractivity (Wildman–Crippen MR) is 77.8 cm³/mol. The van der Waals surface area contributed by atoms with Crippen LogP contribution >= 0.6 is 0 Å². The van der Waals surface area contributed by atoms with Gasteiger partial charge in [0.25, 0.3) is 0 Å². The number of para-hydroxylation sites is 1. The first-order chi connectivity index (χ1) is 9.39. The molecule has 0 aromatic heterocycles. The number of nitrogens with zero attached hydrogens (tertiary/aromatic N) is 1. The van der Waals surface area contributed by atoms with Gasteiger partial charge >= 0.3 is 5.97 Å². The zero-order valence-electron chi connectivity index (χ0n) is 12.1. The molecule has 0 unspecified atom stereocenters. The van der Waals surface area contributed by atoms with E-state index in [0.29, 0.717) is 0 Å². The highest BCUT2D eigenvalue weighted by Crippen LogP contribution is 2.31. The maximum atomic E-state index is 12.5. The Bertz CT molecular complexity index is 522. The fraction of sp³-hybridized carbons (Fsp3) is 0.500. The molecule has 0 atom stereocenters. The topological polar surface area (TPSA) is 57.6 Å². The van der Waals surface area contributed by atoms with Gasteiger partial charge in [-0.3, -0.25) is 9.59 Å². The SMILES string of the molecule is CC(C)(CC(=O)O)CC(=O)N1CCCc2ccccc21. The molecule has 0 bridgehead atoms. The Morgan fingerprint density at radius 2 is 1.95 bits per heavy atom. The summed E-state index contributed by atoms with van der Waals surface area (Å²) >= 11 is 0. The van der Waals surface area contributed by atoms with Crippen LogP contribution in [-0.4, -0.2) is 23.5 Å². The van der Waals surface area contributed by atoms with Crippen molar-refractivity contribution in [1.29, 1.82) is 0 Å². The molecule has 0 saturated heterocycles. The molecule has 1 aliphatic rings. The Morgan fingerprint density at radius 3 is 2.65 bits per heavy atom. The molecule has 4 nitrogen and oxygen atoms in total. The molecule has 1 heterocycles. The van der Waals surface area contributed by atoms with E-state index in [1.54, 1.807) is 0 Å². The van der Waals surface area contributed by atoms with Crippen LogP contribution in [0.1, 0.15) is 38.7 Å². The summed E-state index contributed by atoms with van der Waals surface area (Å²) in [7, 11) is 0. The zero-order valence-corrected chi connectivity index (χ0v) is 12.1. The molecule has 0 aliphatic carbocycles. The van der Waals surface area contributed by atoms with Gasteiger partial charge in [-0.25, -0.2) is 0 Å². The number of rotatable bonds is 4. The Morgan fingerprint density at radius 1 is 1.25 bits per heavy atom. The van der Waals surface area contributed by atoms with Gasteiger partial charge in [-0.05, 0) is 29.9 Å². The van der Waals surface area contributed by atoms with Gasteiger partial charge in [0.15, 0.2) is 0 Å². The number of carbonyl (C=O) groups excluding carboxylic acids is 1. The van der Waals surface area contributed by atoms with Crippen LogP contribution in [0, 0.1) is 5.41 Å². The third-order valence-electron chi connectivity index (χ3n) is 3.67. The minimum atomic E-state index is -0.859. The Hall–Kier alpha value is -1.84. The number of carbonyl (C=O) groups is 2. The van der Waals surface area contributed by atoms with Crippen molar-refractivity contribution in [3.05, 3.63) is 29.8 Å². The summed E-state index contributed by atoms with van der Waals surface area (Å²) < 4.78 is 0. The Balaban J connectivity index is 2.13. The van der Waals surface area contributed by atoms with Crippen LogP contribution < -0.4 is 4.90 Å². The smallest absolute Gasteiger partial charge is 0.303 e. The van der Waals surface area contributed by atoms with E-state index in [2.05, 4.69) is 6.07 Å². The zero-order chi connectivity index (χ0) is 14.8. The average Bonchev–Trinajstić information content (AvgIpc) is 2.35. The summed E-state index contributed by atoms with van der Waals surface area (Å²) in [5.41, 5.74) is 1.66. The van der Waals surface area contributed by atoms with Gasteiger partial charge in [-0.1, -0.05) is 32.0 Å². The number of carboxylic acids is 1. The van der Waals surface area contributed by atoms with Crippen molar-refractivity contribution in [3.8, 4) is 0 Å². The van der Waals surface area contributed by atoms with Gasteiger partial charge in [-0.15, -0.1) is 0 Å². The van der Waals surface area contributed by atoms with Gasteiger partial charge in [-0.2, -0.15) is 0 Å². The number of hydrogen-bond acceptors (Lipinski definition) is 2. The van der Waals surface area contributed by atoms with Crippen molar-refractivity contribution in [2.45, 2.75) is 39.5 Å². The lowest BCUT2D eigenvalue weighted by molar-refractivity contribution is -0.139. The van der Waals surface area contributed by atoms with Crippen LogP contribution in [0.2, 0.25) is 0 Å². The molecule has 108 valence electrons. The van der Waals surface area contributed by atoms with Crippen LogP contribution in [0.5, 0.6) is 0 Å². The van der Waals surface area contributed by atoms with Crippen LogP contribution in [0.25, 0.3) is 0 Å². The summed E-state index contributed by atoms with van der Waals surface area (Å²) in [5, 5.41) is 8.91. The van der Waals surface area contributed by atoms with E-state index < -0.39 is 11.4 Å². The van der Waals surface area contributed by atoms with E-state index in [-0.39, 0.29) is 18.7 Å². The largest absolute Gasteiger partial charge is 0.481 e. The van der Waals surface area contributed by atoms with E-state index in [1.807, 2.05) is 36.9 Å². The van der Waals surface area contributed by atoms with Gasteiger partial charge in [0, 0.05) is 18.7 Å². The molecule has 0 radical (unpaired) electrons. The first kappa shape index (κ1) is 14.6. The molecule has 1 amide bonds. The van der Waals surface area contributed by atoms with Crippen molar-refractivity contribution < 1.29 is 14.7 Å². The van der Waals surface area contributed by atoms with Crippen molar-refractivity contribution in [1.82, 2.24) is 0 Å². The Kier molecular flexibility index (Phi) is 4.12. The van der Waals surface area contributed by atoms with Crippen LogP contribution in [0.4, 0.5) is 5.69 Å². The molecule has 0 fully saturated rings. The molecule has 0 saturated carbocycles. The third-order valence-corrected chi connectivity index (χ3v) is 3.67. The van der Waals surface area contributed by atoms with Crippen molar-refractivity contribution >= 4 is 17.6 Å². The number of aryl methyl sites for hydroxylation is 1. The maximum Gasteiger partial charge on any atom is 0.303 e. The number of hydrogen-bond donors (Lipinski definition) is 1. The minimum Gasteiger partial charge on any atom is -0.481 e. The van der Waals surface area contributed by atoms with Crippen LogP contribution in [0.3, 0.4) is 0 Å². The number of anilines is 1. The van der Waals surface area contributed by atoms with Crippen LogP contribution in [-0.2, 0) is 16.0 Å². The lowest BCUT2D eigenvalue weighted by Gasteiger charge is -2.32. The standard InChI is InChI=1S/C16H21NO3/c1-16(2,11-15(19)20)10-14(18)17-9-5-7-12-6-3-4-8-13(12)17/h3-4,6,8H,5,7,9-11H2,1-2H3,(H,19,20). The molecule has 1 N–H and O–H groups in total. The first-order valence-corrected chi connectivity index (χ1v) is 6.99. The second-order valence-corrected chi connectivity index (χ2v) is 6.19. The summed E-state index contributed by atoms with van der Waals surface area (Å²) in [6, 6.07) is 7.95. The summed E-state index contributed by atoms with van der Waals surface area (Å²) in [5.74, 6) is -0.842. The molecule has 1 aromatic carbocycles. The molecule has 2 rings (SSSR count). The van der Waals surface area contributed by atoms with E-state index in [1.165, 1.54) is 5.56 Å². The molecule has 1 aliphatic heterocycles. The van der Waals surface area contributed by atoms with E-state index in [9.17, 15) is 9.59 Å². The monoisotopic (exact) mass is 275 g/mol. The van der Waals surface area contributed by atoms with Crippen molar-refractivity contribution in [2.24, 2.45) is 5.41 Å². The average molecular weight is 275 g/mol. The third kappa shape index (κ3) is 3.38. The molecule has 20 heavy (non-hydrogen) atoms. The number of fused-ring (bicyclic) bond motifs is 1. The molecule has 4 heteroatoms. The Labute approximate surface area is 119 Å². The van der Waals surface area contributed by atoms with E-state index in [4.69, 9.17) is 5.11 Å². The second kappa shape index (κ2) is 5.65. The fourth-order valence-electron chi connectivity index (χ4n) is 2.77. The van der Waals surface area contributed by atoms with E-state index in [0.717, 1.165) is 25.1 Å². The van der Waals surface area contributed by atoms with Crippen molar-refractivity contribution in [2.75, 3.05) is 11.4 Å². The number of benzene rings is 1. The molecule has 0 spiro atoms. The first-order valence-electron chi connectivity index (χ1n) is 6.99. The minimum absolute atomic E-state index is 0.00816. The summed E-state index contributed by atoms with van der Waals surface area (Å²) in [6.07, 6.45) is 2.22. The molecular weight excluding hydrogens is 254 g/mol. The van der Waals surface area contributed by atoms with Gasteiger partial charge < -0.3 is 10.0 Å². The lowest BCUT2D eigenvalue weighted by Crippen LogP contribution is -2.38. The molecular formula is C16H21NO3. The highest BCUT2D eigenvalue weighted by Gasteiger charge is 2.29. The molecule has 1 aromatic rings. The highest BCUT2D eigenvalue weighted by atomic mass is 16.4. The summed E-state index contributed by atoms with van der Waals surface area (Å²) in [6.45, 7) is 4.38. The normalized spacial score (nSPS) is 14.8. The van der Waals surface area contributed by atoms with Gasteiger partial charge in [0.1, 0.15) is 0 Å². The second-order valence-electron chi connectivity index (χ2n) is 6.19. The van der Waals surface area contributed by atoms with Gasteiger partial charge in [0.2, 0.25) is 5.91 Å². The number of aliphatic carboxylic acids is 1. The highest BCUT2D eigenvalue weighted by molar-refractivity contribution is 5.95. The lowest BCUT2D eigenvalue weighted by atomic mass is 9.85. The maximum absolute atomic E-state index is 12.5. The quantitative estimate of drug-likeness (QED) is 0.919. The number of amides is 1. The predicted octanol–water partition coefficient (Wildman–Crippen LogP) is 2.86. The number of carboxylic acid groups (broad SMARTS) is 1. The van der Waals surface area contributed by atoms with E-state index >= 15 is 0 Å². The van der Waals surface area contributed by atoms with Crippen molar-refractivity contribution in [3.63, 3.8) is 0 Å². The fourth-order valence-corrected chi connectivity index (χ4v) is 2.77.